The van der Waals surface area contributed by atoms with Crippen molar-refractivity contribution in [3.63, 3.8) is 0 Å². The summed E-state index contributed by atoms with van der Waals surface area (Å²) in [6.45, 7) is 1.28. The number of carbonyl (C=O) groups is 1. The van der Waals surface area contributed by atoms with Gasteiger partial charge in [-0.15, -0.1) is 0 Å². The molecule has 5 nitrogen and oxygen atoms in total. The molecule has 1 aliphatic carbocycles. The quantitative estimate of drug-likeness (QED) is 0.837. The van der Waals surface area contributed by atoms with Gasteiger partial charge in [-0.1, -0.05) is 0 Å². The second-order valence-electron chi connectivity index (χ2n) is 5.93. The zero-order valence-corrected chi connectivity index (χ0v) is 13.4. The molecule has 1 heterocycles. The summed E-state index contributed by atoms with van der Waals surface area (Å²) in [6.07, 6.45) is 2.35. The molecule has 1 aromatic carbocycles. The molecule has 2 fully saturated rings. The first-order valence-electron chi connectivity index (χ1n) is 7.63. The third-order valence-corrected chi connectivity index (χ3v) is 6.12. The van der Waals surface area contributed by atoms with Gasteiger partial charge in [0.25, 0.3) is 0 Å². The van der Waals surface area contributed by atoms with Crippen LogP contribution >= 0.6 is 0 Å². The van der Waals surface area contributed by atoms with E-state index in [1.54, 1.807) is 4.90 Å². The molecule has 1 aliphatic heterocycles. The Balaban J connectivity index is 1.75. The zero-order valence-electron chi connectivity index (χ0n) is 12.5. The summed E-state index contributed by atoms with van der Waals surface area (Å²) in [6, 6.07) is 2.57. The molecule has 1 saturated carbocycles. The maximum atomic E-state index is 13.3. The van der Waals surface area contributed by atoms with Gasteiger partial charge < -0.3 is 4.90 Å². The van der Waals surface area contributed by atoms with Crippen molar-refractivity contribution < 1.29 is 22.0 Å². The summed E-state index contributed by atoms with van der Waals surface area (Å²) >= 11 is 0. The molecular formula is C15H18F2N2O3S. The van der Waals surface area contributed by atoms with Gasteiger partial charge in [-0.05, 0) is 37.5 Å². The van der Waals surface area contributed by atoms with Crippen molar-refractivity contribution in [1.29, 1.82) is 0 Å². The van der Waals surface area contributed by atoms with E-state index in [0.29, 0.717) is 25.6 Å². The van der Waals surface area contributed by atoms with Gasteiger partial charge in [0.15, 0.2) is 11.6 Å². The number of sulfonamides is 1. The fourth-order valence-corrected chi connectivity index (χ4v) is 4.21. The van der Waals surface area contributed by atoms with Crippen LogP contribution in [0.25, 0.3) is 0 Å². The van der Waals surface area contributed by atoms with Crippen molar-refractivity contribution in [3.05, 3.63) is 29.8 Å². The lowest BCUT2D eigenvalue weighted by atomic mass is 10.3. The number of carbonyl (C=O) groups excluding carboxylic acids is 1. The summed E-state index contributed by atoms with van der Waals surface area (Å²) in [5.41, 5.74) is 0. The van der Waals surface area contributed by atoms with Crippen LogP contribution in [-0.2, 0) is 14.8 Å². The molecule has 0 radical (unpaired) electrons. The number of benzene rings is 1. The van der Waals surface area contributed by atoms with E-state index in [4.69, 9.17) is 0 Å². The Kier molecular flexibility index (Phi) is 4.37. The normalized spacial score (nSPS) is 20.3. The summed E-state index contributed by atoms with van der Waals surface area (Å²) in [5.74, 6) is -2.08. The SMILES string of the molecule is O=C(C1CC1)N1CCCN(S(=O)(=O)c2ccc(F)c(F)c2)CC1. The van der Waals surface area contributed by atoms with Gasteiger partial charge in [-0.25, -0.2) is 17.2 Å². The number of hydrogen-bond donors (Lipinski definition) is 0. The monoisotopic (exact) mass is 344 g/mol. The van der Waals surface area contributed by atoms with E-state index in [0.717, 1.165) is 25.0 Å². The number of amides is 1. The Morgan fingerprint density at radius 1 is 1.04 bits per heavy atom. The van der Waals surface area contributed by atoms with Gasteiger partial charge in [0, 0.05) is 32.1 Å². The van der Waals surface area contributed by atoms with E-state index < -0.39 is 21.7 Å². The molecule has 0 atom stereocenters. The van der Waals surface area contributed by atoms with Crippen molar-refractivity contribution in [2.45, 2.75) is 24.2 Å². The van der Waals surface area contributed by atoms with Gasteiger partial charge in [-0.3, -0.25) is 4.79 Å². The van der Waals surface area contributed by atoms with Gasteiger partial charge >= 0.3 is 0 Å². The summed E-state index contributed by atoms with van der Waals surface area (Å²) in [7, 11) is -3.89. The highest BCUT2D eigenvalue weighted by Gasteiger charge is 2.35. The molecule has 2 aliphatic rings. The average molecular weight is 344 g/mol. The molecule has 8 heteroatoms. The Labute approximate surface area is 133 Å². The summed E-state index contributed by atoms with van der Waals surface area (Å²) < 4.78 is 52.7. The molecule has 1 amide bonds. The highest BCUT2D eigenvalue weighted by molar-refractivity contribution is 7.89. The minimum absolute atomic E-state index is 0.0945. The minimum Gasteiger partial charge on any atom is -0.341 e. The lowest BCUT2D eigenvalue weighted by molar-refractivity contribution is -0.132. The molecule has 0 spiro atoms. The van der Waals surface area contributed by atoms with Crippen molar-refractivity contribution in [3.8, 4) is 0 Å². The molecule has 0 bridgehead atoms. The largest absolute Gasteiger partial charge is 0.341 e. The molecule has 0 aromatic heterocycles. The second kappa shape index (κ2) is 6.16. The Bertz CT molecular complexity index is 719. The van der Waals surface area contributed by atoms with Crippen LogP contribution in [0.15, 0.2) is 23.1 Å². The van der Waals surface area contributed by atoms with Crippen LogP contribution in [0.2, 0.25) is 0 Å². The van der Waals surface area contributed by atoms with Crippen LogP contribution in [0.5, 0.6) is 0 Å². The predicted octanol–water partition coefficient (Wildman–Crippen LogP) is 1.60. The number of halogens is 2. The number of hydrogen-bond acceptors (Lipinski definition) is 3. The van der Waals surface area contributed by atoms with E-state index in [9.17, 15) is 22.0 Å². The molecule has 0 N–H and O–H groups in total. The minimum atomic E-state index is -3.89. The van der Waals surface area contributed by atoms with E-state index in [-0.39, 0.29) is 29.8 Å². The fraction of sp³-hybridized carbons (Fsp3) is 0.533. The Hall–Kier alpha value is -1.54. The molecule has 3 rings (SSSR count). The van der Waals surface area contributed by atoms with Crippen LogP contribution in [0, 0.1) is 17.6 Å². The first-order valence-corrected chi connectivity index (χ1v) is 9.07. The smallest absolute Gasteiger partial charge is 0.243 e. The maximum Gasteiger partial charge on any atom is 0.243 e. The first-order chi connectivity index (χ1) is 10.9. The molecule has 0 unspecified atom stereocenters. The third kappa shape index (κ3) is 3.37. The van der Waals surface area contributed by atoms with Crippen LogP contribution in [0.1, 0.15) is 19.3 Å². The van der Waals surface area contributed by atoms with Crippen LogP contribution in [0.3, 0.4) is 0 Å². The van der Waals surface area contributed by atoms with Crippen LogP contribution in [-0.4, -0.2) is 49.7 Å². The van der Waals surface area contributed by atoms with Gasteiger partial charge in [-0.2, -0.15) is 4.31 Å². The highest BCUT2D eigenvalue weighted by Crippen LogP contribution is 2.31. The molecule has 23 heavy (non-hydrogen) atoms. The van der Waals surface area contributed by atoms with E-state index in [1.165, 1.54) is 4.31 Å². The average Bonchev–Trinajstić information content (AvgIpc) is 3.35. The molecular weight excluding hydrogens is 326 g/mol. The van der Waals surface area contributed by atoms with E-state index in [2.05, 4.69) is 0 Å². The van der Waals surface area contributed by atoms with Crippen molar-refractivity contribution in [2.75, 3.05) is 26.2 Å². The fourth-order valence-electron chi connectivity index (χ4n) is 2.73. The standard InChI is InChI=1S/C15H18F2N2O3S/c16-13-5-4-12(10-14(13)17)23(21,22)19-7-1-6-18(8-9-19)15(20)11-2-3-11/h4-5,10-11H,1-3,6-9H2. The van der Waals surface area contributed by atoms with Crippen LogP contribution in [0.4, 0.5) is 8.78 Å². The Morgan fingerprint density at radius 2 is 1.78 bits per heavy atom. The lowest BCUT2D eigenvalue weighted by Crippen LogP contribution is -2.38. The topological polar surface area (TPSA) is 57.7 Å². The van der Waals surface area contributed by atoms with E-state index in [1.807, 2.05) is 0 Å². The van der Waals surface area contributed by atoms with Crippen molar-refractivity contribution >= 4 is 15.9 Å². The first kappa shape index (κ1) is 16.3. The summed E-state index contributed by atoms with van der Waals surface area (Å²) in [4.78, 5) is 13.5. The van der Waals surface area contributed by atoms with E-state index >= 15 is 0 Å². The predicted molar refractivity (Wildman–Crippen MR) is 79.0 cm³/mol. The number of nitrogens with zero attached hydrogens (tertiary/aromatic N) is 2. The molecule has 126 valence electrons. The van der Waals surface area contributed by atoms with Gasteiger partial charge in [0.2, 0.25) is 15.9 Å². The maximum absolute atomic E-state index is 13.3. The zero-order chi connectivity index (χ0) is 16.6. The number of rotatable bonds is 3. The van der Waals surface area contributed by atoms with Crippen LogP contribution < -0.4 is 0 Å². The third-order valence-electron chi connectivity index (χ3n) is 4.22. The second-order valence-corrected chi connectivity index (χ2v) is 7.87. The van der Waals surface area contributed by atoms with Crippen molar-refractivity contribution in [2.24, 2.45) is 5.92 Å². The van der Waals surface area contributed by atoms with Gasteiger partial charge in [0.1, 0.15) is 0 Å². The molecule has 1 saturated heterocycles. The van der Waals surface area contributed by atoms with Gasteiger partial charge in [0.05, 0.1) is 4.90 Å². The molecule has 1 aromatic rings. The Morgan fingerprint density at radius 3 is 2.43 bits per heavy atom. The van der Waals surface area contributed by atoms with Crippen molar-refractivity contribution in [1.82, 2.24) is 9.21 Å². The lowest BCUT2D eigenvalue weighted by Gasteiger charge is -2.22. The highest BCUT2D eigenvalue weighted by atomic mass is 32.2. The summed E-state index contributed by atoms with van der Waals surface area (Å²) in [5, 5.41) is 0.